The third-order valence-electron chi connectivity index (χ3n) is 4.56. The molecule has 0 radical (unpaired) electrons. The number of unbranched alkanes of at least 4 members (excludes halogenated alkanes) is 2. The fourth-order valence-corrected chi connectivity index (χ4v) is 3.29. The van der Waals surface area contributed by atoms with E-state index < -0.39 is 7.82 Å². The van der Waals surface area contributed by atoms with Gasteiger partial charge in [0, 0.05) is 25.8 Å². The van der Waals surface area contributed by atoms with Crippen molar-refractivity contribution in [1.82, 2.24) is 5.32 Å². The molecule has 0 amide bonds. The van der Waals surface area contributed by atoms with E-state index in [1.165, 1.54) is 16.7 Å². The van der Waals surface area contributed by atoms with E-state index in [1.807, 2.05) is 42.5 Å². The maximum atomic E-state index is 11.2. The Balaban J connectivity index is 2.56. The molecule has 0 saturated heterocycles. The molecule has 0 aromatic heterocycles. The lowest BCUT2D eigenvalue weighted by atomic mass is 9.97. The molecule has 2 N–H and O–H groups in total. The van der Waals surface area contributed by atoms with E-state index in [4.69, 9.17) is 4.52 Å². The standard InChI is InChI=1S/C26H36NO4P/c1-5-6-7-8-11-16-23(2)26(25-17-12-9-13-18-25)20-19-24(3)27-21-14-10-15-22-31-32(28,29)30-4/h5-9,11-13,16-18,20,27H,1,3,10,14-15,19,21-22H2,2,4H3,(H,28,29)/b7-6+,11-8-,23-16+,26-20-. The molecular formula is C26H36NO4P. The molecule has 1 rings (SSSR count). The zero-order valence-corrected chi connectivity index (χ0v) is 20.1. The molecule has 32 heavy (non-hydrogen) atoms. The number of hydrogen-bond acceptors (Lipinski definition) is 4. The van der Waals surface area contributed by atoms with Crippen molar-refractivity contribution < 1.29 is 18.5 Å². The quantitative estimate of drug-likeness (QED) is 0.163. The van der Waals surface area contributed by atoms with Crippen molar-refractivity contribution in [2.24, 2.45) is 0 Å². The van der Waals surface area contributed by atoms with Gasteiger partial charge in [-0.1, -0.05) is 86.0 Å². The van der Waals surface area contributed by atoms with Gasteiger partial charge in [-0.2, -0.15) is 0 Å². The van der Waals surface area contributed by atoms with Crippen molar-refractivity contribution in [3.63, 3.8) is 0 Å². The minimum absolute atomic E-state index is 0.204. The smallest absolute Gasteiger partial charge is 0.389 e. The summed E-state index contributed by atoms with van der Waals surface area (Å²) in [6.45, 7) is 10.9. The Labute approximate surface area is 193 Å². The van der Waals surface area contributed by atoms with Crippen molar-refractivity contribution in [3.05, 3.63) is 103 Å². The first-order chi connectivity index (χ1) is 15.4. The van der Waals surface area contributed by atoms with Crippen LogP contribution in [0.15, 0.2) is 97.3 Å². The second-order valence-corrected chi connectivity index (χ2v) is 8.68. The lowest BCUT2D eigenvalue weighted by Crippen LogP contribution is -2.13. The molecule has 1 aromatic carbocycles. The average molecular weight is 458 g/mol. The fraction of sp³-hybridized carbons (Fsp3) is 0.308. The van der Waals surface area contributed by atoms with E-state index in [2.05, 4.69) is 54.2 Å². The molecule has 0 aliphatic carbocycles. The first-order valence-corrected chi connectivity index (χ1v) is 12.2. The largest absolute Gasteiger partial charge is 0.471 e. The Morgan fingerprint density at radius 2 is 1.84 bits per heavy atom. The Morgan fingerprint density at radius 3 is 2.53 bits per heavy atom. The molecule has 0 fully saturated rings. The normalized spacial score (nSPS) is 14.6. The third kappa shape index (κ3) is 12.4. The van der Waals surface area contributed by atoms with Crippen LogP contribution in [0, 0.1) is 0 Å². The second kappa shape index (κ2) is 16.2. The van der Waals surface area contributed by atoms with Gasteiger partial charge < -0.3 is 10.2 Å². The summed E-state index contributed by atoms with van der Waals surface area (Å²) in [6.07, 6.45) is 17.1. The van der Waals surface area contributed by atoms with Gasteiger partial charge in [-0.3, -0.25) is 9.05 Å². The highest BCUT2D eigenvalue weighted by molar-refractivity contribution is 7.47. The first kappa shape index (κ1) is 27.6. The summed E-state index contributed by atoms with van der Waals surface area (Å²) in [5.74, 6) is 0. The second-order valence-electron chi connectivity index (χ2n) is 7.12. The van der Waals surface area contributed by atoms with Crippen LogP contribution in [0.4, 0.5) is 0 Å². The van der Waals surface area contributed by atoms with Gasteiger partial charge in [0.1, 0.15) is 0 Å². The minimum atomic E-state index is -3.86. The average Bonchev–Trinajstić information content (AvgIpc) is 2.79. The van der Waals surface area contributed by atoms with Gasteiger partial charge in [0.15, 0.2) is 0 Å². The van der Waals surface area contributed by atoms with Gasteiger partial charge in [-0.15, -0.1) is 0 Å². The number of allylic oxidation sites excluding steroid dienone is 9. The van der Waals surface area contributed by atoms with E-state index in [9.17, 15) is 9.46 Å². The predicted octanol–water partition coefficient (Wildman–Crippen LogP) is 6.74. The SMILES string of the molecule is C=C/C=C/C=C\C=C(C)\C(=C\CC(=C)NCCCCCOP(=O)(O)OC)c1ccccc1. The summed E-state index contributed by atoms with van der Waals surface area (Å²) >= 11 is 0. The summed E-state index contributed by atoms with van der Waals surface area (Å²) in [5.41, 5.74) is 4.46. The molecule has 6 heteroatoms. The van der Waals surface area contributed by atoms with E-state index >= 15 is 0 Å². The number of phosphoric ester groups is 1. The number of phosphoric acid groups is 1. The zero-order valence-electron chi connectivity index (χ0n) is 19.2. The molecular weight excluding hydrogens is 421 g/mol. The van der Waals surface area contributed by atoms with Crippen LogP contribution >= 0.6 is 7.82 Å². The molecule has 5 nitrogen and oxygen atoms in total. The molecule has 174 valence electrons. The van der Waals surface area contributed by atoms with Crippen molar-refractivity contribution in [3.8, 4) is 0 Å². The predicted molar refractivity (Wildman–Crippen MR) is 135 cm³/mol. The molecule has 0 aliphatic rings. The molecule has 0 aliphatic heterocycles. The Hall–Kier alpha value is -2.43. The number of hydrogen-bond donors (Lipinski definition) is 2. The van der Waals surface area contributed by atoms with E-state index in [0.29, 0.717) is 6.42 Å². The molecule has 0 bridgehead atoms. The summed E-state index contributed by atoms with van der Waals surface area (Å²) in [5, 5.41) is 3.35. The van der Waals surface area contributed by atoms with Crippen LogP contribution in [0.25, 0.3) is 5.57 Å². The highest BCUT2D eigenvalue weighted by Gasteiger charge is 2.17. The van der Waals surface area contributed by atoms with Crippen LogP contribution in [0.2, 0.25) is 0 Å². The minimum Gasteiger partial charge on any atom is -0.389 e. The summed E-state index contributed by atoms with van der Waals surface area (Å²) in [7, 11) is -2.71. The Morgan fingerprint density at radius 1 is 1.12 bits per heavy atom. The molecule has 0 heterocycles. The van der Waals surface area contributed by atoms with Gasteiger partial charge >= 0.3 is 7.82 Å². The maximum absolute atomic E-state index is 11.2. The summed E-state index contributed by atoms with van der Waals surface area (Å²) in [4.78, 5) is 9.17. The molecule has 0 saturated carbocycles. The molecule has 1 aromatic rings. The molecule has 1 unspecified atom stereocenters. The van der Waals surface area contributed by atoms with E-state index in [0.717, 1.165) is 38.6 Å². The van der Waals surface area contributed by atoms with Crippen molar-refractivity contribution in [1.29, 1.82) is 0 Å². The highest BCUT2D eigenvalue weighted by atomic mass is 31.2. The first-order valence-electron chi connectivity index (χ1n) is 10.7. The maximum Gasteiger partial charge on any atom is 0.471 e. The van der Waals surface area contributed by atoms with Crippen LogP contribution in [-0.4, -0.2) is 25.2 Å². The number of benzene rings is 1. The van der Waals surface area contributed by atoms with Crippen LogP contribution in [0.3, 0.4) is 0 Å². The van der Waals surface area contributed by atoms with Crippen LogP contribution in [-0.2, 0) is 13.6 Å². The summed E-state index contributed by atoms with van der Waals surface area (Å²) in [6, 6.07) is 10.3. The van der Waals surface area contributed by atoms with Gasteiger partial charge in [-0.05, 0) is 42.9 Å². The summed E-state index contributed by atoms with van der Waals surface area (Å²) < 4.78 is 20.4. The highest BCUT2D eigenvalue weighted by Crippen LogP contribution is 2.41. The number of rotatable bonds is 16. The molecule has 0 spiro atoms. The van der Waals surface area contributed by atoms with Crippen molar-refractivity contribution >= 4 is 13.4 Å². The van der Waals surface area contributed by atoms with Gasteiger partial charge in [-0.25, -0.2) is 4.57 Å². The van der Waals surface area contributed by atoms with Crippen LogP contribution in [0.1, 0.15) is 38.2 Å². The van der Waals surface area contributed by atoms with Crippen molar-refractivity contribution in [2.45, 2.75) is 32.6 Å². The topological polar surface area (TPSA) is 67.8 Å². The third-order valence-corrected chi connectivity index (χ3v) is 5.53. The monoisotopic (exact) mass is 457 g/mol. The van der Waals surface area contributed by atoms with E-state index in [-0.39, 0.29) is 6.61 Å². The van der Waals surface area contributed by atoms with E-state index in [1.54, 1.807) is 6.08 Å². The van der Waals surface area contributed by atoms with Gasteiger partial charge in [0.05, 0.1) is 6.61 Å². The van der Waals surface area contributed by atoms with Gasteiger partial charge in [0.25, 0.3) is 0 Å². The van der Waals surface area contributed by atoms with Gasteiger partial charge in [0.2, 0.25) is 0 Å². The molecule has 1 atom stereocenters. The van der Waals surface area contributed by atoms with Crippen LogP contribution < -0.4 is 5.32 Å². The number of nitrogens with one attached hydrogen (secondary N) is 1. The Kier molecular flexibility index (Phi) is 14.0. The fourth-order valence-electron chi connectivity index (χ4n) is 2.82. The zero-order chi connectivity index (χ0) is 23.7. The lowest BCUT2D eigenvalue weighted by Gasteiger charge is -2.12. The van der Waals surface area contributed by atoms with Crippen LogP contribution in [0.5, 0.6) is 0 Å². The van der Waals surface area contributed by atoms with Crippen molar-refractivity contribution in [2.75, 3.05) is 20.3 Å². The lowest BCUT2D eigenvalue weighted by molar-refractivity contribution is 0.170. The Bertz CT molecular complexity index is 869.